The van der Waals surface area contributed by atoms with Crippen molar-refractivity contribution in [3.8, 4) is 17.5 Å². The number of benzene rings is 4. The first kappa shape index (κ1) is 24.8. The van der Waals surface area contributed by atoms with Crippen LogP contribution in [0.5, 0.6) is 0 Å². The third kappa shape index (κ3) is 4.98. The second-order valence-corrected chi connectivity index (χ2v) is 9.69. The Hall–Kier alpha value is -5.48. The molecule has 1 atom stereocenters. The average Bonchev–Trinajstić information content (AvgIpc) is 3.61. The molecule has 7 heteroatoms. The van der Waals surface area contributed by atoms with Gasteiger partial charge in [-0.15, -0.1) is 0 Å². The lowest BCUT2D eigenvalue weighted by molar-refractivity contribution is 0.0697. The maximum absolute atomic E-state index is 11.1. The first-order chi connectivity index (χ1) is 19.5. The summed E-state index contributed by atoms with van der Waals surface area (Å²) >= 11 is 0. The molecule has 5 aromatic rings. The largest absolute Gasteiger partial charge is 0.478 e. The van der Waals surface area contributed by atoms with Crippen LogP contribution in [0.1, 0.15) is 45.1 Å². The molecule has 1 aromatic heterocycles. The van der Waals surface area contributed by atoms with Crippen molar-refractivity contribution >= 4 is 34.5 Å². The van der Waals surface area contributed by atoms with E-state index in [-0.39, 0.29) is 11.6 Å². The molecular formula is C33H24N4O3. The van der Waals surface area contributed by atoms with Crippen LogP contribution in [-0.2, 0) is 0 Å². The van der Waals surface area contributed by atoms with E-state index >= 15 is 0 Å². The minimum atomic E-state index is -0.950. The SMILES string of the molecule is Cc1ccc2oc(-c3ccc(N4N=C(/C=C/c5ccc(C(=O)O)cc5)CC4c4ccc(C#N)cc4)cc3)nc2c1. The molecule has 0 aliphatic carbocycles. The number of hydrazone groups is 1. The number of hydrogen-bond acceptors (Lipinski definition) is 6. The van der Waals surface area contributed by atoms with Crippen LogP contribution < -0.4 is 5.01 Å². The Morgan fingerprint density at radius 1 is 1.00 bits per heavy atom. The molecule has 2 heterocycles. The van der Waals surface area contributed by atoms with Gasteiger partial charge < -0.3 is 9.52 Å². The van der Waals surface area contributed by atoms with Crippen LogP contribution in [0.4, 0.5) is 5.69 Å². The monoisotopic (exact) mass is 524 g/mol. The van der Waals surface area contributed by atoms with Crippen molar-refractivity contribution in [2.24, 2.45) is 5.10 Å². The molecule has 0 bridgehead atoms. The zero-order valence-corrected chi connectivity index (χ0v) is 21.7. The molecule has 6 rings (SSSR count). The molecule has 1 aliphatic heterocycles. The van der Waals surface area contributed by atoms with Crippen LogP contribution >= 0.6 is 0 Å². The topological polar surface area (TPSA) is 103 Å². The molecule has 7 nitrogen and oxygen atoms in total. The van der Waals surface area contributed by atoms with E-state index in [0.29, 0.717) is 17.9 Å². The summed E-state index contributed by atoms with van der Waals surface area (Å²) in [6.07, 6.45) is 4.56. The molecule has 1 aliphatic rings. The van der Waals surface area contributed by atoms with Gasteiger partial charge in [-0.3, -0.25) is 5.01 Å². The zero-order chi connectivity index (χ0) is 27.6. The van der Waals surface area contributed by atoms with E-state index in [1.54, 1.807) is 24.3 Å². The molecule has 0 saturated heterocycles. The summed E-state index contributed by atoms with van der Waals surface area (Å²) < 4.78 is 5.98. The van der Waals surface area contributed by atoms with Crippen LogP contribution in [0, 0.1) is 18.3 Å². The van der Waals surface area contributed by atoms with Crippen molar-refractivity contribution in [2.45, 2.75) is 19.4 Å². The van der Waals surface area contributed by atoms with Gasteiger partial charge in [-0.1, -0.05) is 36.4 Å². The van der Waals surface area contributed by atoms with E-state index in [9.17, 15) is 10.1 Å². The number of carbonyl (C=O) groups is 1. The van der Waals surface area contributed by atoms with Crippen LogP contribution in [0.3, 0.4) is 0 Å². The summed E-state index contributed by atoms with van der Waals surface area (Å²) in [6, 6.07) is 30.4. The molecule has 0 spiro atoms. The molecule has 40 heavy (non-hydrogen) atoms. The third-order valence-corrected chi connectivity index (χ3v) is 6.91. The van der Waals surface area contributed by atoms with Crippen molar-refractivity contribution in [3.05, 3.63) is 125 Å². The molecule has 0 fully saturated rings. The molecule has 0 saturated carbocycles. The number of carboxylic acids is 1. The molecule has 1 N–H and O–H groups in total. The van der Waals surface area contributed by atoms with E-state index in [4.69, 9.17) is 14.6 Å². The molecule has 194 valence electrons. The first-order valence-electron chi connectivity index (χ1n) is 12.8. The van der Waals surface area contributed by atoms with Crippen LogP contribution in [0.15, 0.2) is 107 Å². The Labute approximate surface area is 230 Å². The summed E-state index contributed by atoms with van der Waals surface area (Å²) in [5.41, 5.74) is 8.19. The molecule has 0 amide bonds. The maximum atomic E-state index is 11.1. The van der Waals surface area contributed by atoms with Crippen LogP contribution in [0.2, 0.25) is 0 Å². The highest BCUT2D eigenvalue weighted by molar-refractivity contribution is 6.01. The van der Waals surface area contributed by atoms with Gasteiger partial charge in [-0.2, -0.15) is 10.4 Å². The van der Waals surface area contributed by atoms with Gasteiger partial charge in [-0.25, -0.2) is 9.78 Å². The van der Waals surface area contributed by atoms with E-state index in [2.05, 4.69) is 11.1 Å². The summed E-state index contributed by atoms with van der Waals surface area (Å²) in [5, 5.41) is 25.3. The number of nitrogens with zero attached hydrogens (tertiary/aromatic N) is 4. The van der Waals surface area contributed by atoms with Crippen molar-refractivity contribution in [1.82, 2.24) is 4.98 Å². The number of aryl methyl sites for hydroxylation is 1. The van der Waals surface area contributed by atoms with Gasteiger partial charge in [0.05, 0.1) is 34.6 Å². The standard InChI is InChI=1S/C33H24N4O3/c1-21-2-17-31-29(18-21)35-32(40-31)25-12-15-28(16-13-25)37-30(24-8-5-23(20-34)6-9-24)19-27(36-37)14-7-22-3-10-26(11-4-22)33(38)39/h2-18,30H,19H2,1H3,(H,38,39)/b14-7+. The number of fused-ring (bicyclic) bond motifs is 1. The van der Waals surface area contributed by atoms with Crippen molar-refractivity contribution in [2.75, 3.05) is 5.01 Å². The average molecular weight is 525 g/mol. The highest BCUT2D eigenvalue weighted by atomic mass is 16.4. The summed E-state index contributed by atoms with van der Waals surface area (Å²) in [5.74, 6) is -0.382. The number of oxazole rings is 1. The fraction of sp³-hybridized carbons (Fsp3) is 0.0909. The molecule has 0 radical (unpaired) electrons. The fourth-order valence-corrected chi connectivity index (χ4v) is 4.76. The van der Waals surface area contributed by atoms with Gasteiger partial charge in [0, 0.05) is 12.0 Å². The van der Waals surface area contributed by atoms with E-state index in [0.717, 1.165) is 44.8 Å². The number of rotatable bonds is 6. The predicted molar refractivity (Wildman–Crippen MR) is 155 cm³/mol. The lowest BCUT2D eigenvalue weighted by Gasteiger charge is -2.24. The number of aromatic nitrogens is 1. The normalized spacial score (nSPS) is 14.9. The van der Waals surface area contributed by atoms with Crippen LogP contribution in [-0.4, -0.2) is 21.8 Å². The zero-order valence-electron chi connectivity index (χ0n) is 21.7. The van der Waals surface area contributed by atoms with Crippen molar-refractivity contribution in [3.63, 3.8) is 0 Å². The Morgan fingerprint density at radius 3 is 2.45 bits per heavy atom. The third-order valence-electron chi connectivity index (χ3n) is 6.91. The minimum Gasteiger partial charge on any atom is -0.478 e. The second kappa shape index (κ2) is 10.4. The molecule has 4 aromatic carbocycles. The lowest BCUT2D eigenvalue weighted by Crippen LogP contribution is -2.18. The Kier molecular flexibility index (Phi) is 6.43. The Morgan fingerprint density at radius 2 is 1.75 bits per heavy atom. The minimum absolute atomic E-state index is 0.0556. The van der Waals surface area contributed by atoms with Crippen LogP contribution in [0.25, 0.3) is 28.6 Å². The summed E-state index contributed by atoms with van der Waals surface area (Å²) in [4.78, 5) is 15.8. The van der Waals surface area contributed by atoms with Gasteiger partial charge in [-0.05, 0) is 90.4 Å². The van der Waals surface area contributed by atoms with Gasteiger partial charge in [0.1, 0.15) is 5.52 Å². The number of carboxylic acid groups (broad SMARTS) is 1. The second-order valence-electron chi connectivity index (χ2n) is 9.69. The summed E-state index contributed by atoms with van der Waals surface area (Å²) in [6.45, 7) is 2.03. The summed E-state index contributed by atoms with van der Waals surface area (Å²) in [7, 11) is 0. The highest BCUT2D eigenvalue weighted by Crippen LogP contribution is 2.37. The van der Waals surface area contributed by atoms with E-state index < -0.39 is 5.97 Å². The predicted octanol–water partition coefficient (Wildman–Crippen LogP) is 7.39. The number of aromatic carboxylic acids is 1. The number of nitriles is 1. The van der Waals surface area contributed by atoms with Gasteiger partial charge >= 0.3 is 5.97 Å². The highest BCUT2D eigenvalue weighted by Gasteiger charge is 2.28. The smallest absolute Gasteiger partial charge is 0.335 e. The van der Waals surface area contributed by atoms with Gasteiger partial charge in [0.2, 0.25) is 5.89 Å². The molecule has 1 unspecified atom stereocenters. The van der Waals surface area contributed by atoms with Gasteiger partial charge in [0.15, 0.2) is 5.58 Å². The maximum Gasteiger partial charge on any atom is 0.335 e. The quantitative estimate of drug-likeness (QED) is 0.248. The molecular weight excluding hydrogens is 500 g/mol. The Bertz CT molecular complexity index is 1810. The van der Waals surface area contributed by atoms with Crippen molar-refractivity contribution in [1.29, 1.82) is 5.26 Å². The Balaban J connectivity index is 1.30. The van der Waals surface area contributed by atoms with E-state index in [1.807, 2.05) is 90.8 Å². The number of hydrogen-bond donors (Lipinski definition) is 1. The number of anilines is 1. The van der Waals surface area contributed by atoms with Crippen molar-refractivity contribution < 1.29 is 14.3 Å². The number of allylic oxidation sites excluding steroid dienone is 1. The first-order valence-corrected chi connectivity index (χ1v) is 12.8. The fourth-order valence-electron chi connectivity index (χ4n) is 4.76. The lowest BCUT2D eigenvalue weighted by atomic mass is 9.99. The van der Waals surface area contributed by atoms with Gasteiger partial charge in [0.25, 0.3) is 0 Å². The van der Waals surface area contributed by atoms with E-state index in [1.165, 1.54) is 0 Å².